The van der Waals surface area contributed by atoms with Crippen molar-refractivity contribution in [2.45, 2.75) is 5.92 Å². The Hall–Kier alpha value is -0.580. The van der Waals surface area contributed by atoms with Gasteiger partial charge in [-0.25, -0.2) is 0 Å². The molecule has 0 aromatic heterocycles. The minimum absolute atomic E-state index is 0.0311. The van der Waals surface area contributed by atoms with Crippen LogP contribution in [0, 0.1) is 0 Å². The molecule has 3 nitrogen and oxygen atoms in total. The maximum Gasteiger partial charge on any atom is 0.136 e. The molecule has 1 unspecified atom stereocenters. The molecule has 0 saturated heterocycles. The molecule has 0 fully saturated rings. The molecule has 14 heavy (non-hydrogen) atoms. The second-order valence-corrected chi connectivity index (χ2v) is 3.83. The van der Waals surface area contributed by atoms with Gasteiger partial charge in [0.1, 0.15) is 5.75 Å². The van der Waals surface area contributed by atoms with Crippen LogP contribution in [0.5, 0.6) is 5.75 Å². The van der Waals surface area contributed by atoms with Crippen LogP contribution in [0.2, 0.25) is 0 Å². The molecule has 0 aliphatic rings. The molecule has 0 saturated carbocycles. The number of benzene rings is 1. The highest BCUT2D eigenvalue weighted by molar-refractivity contribution is 9.10. The summed E-state index contributed by atoms with van der Waals surface area (Å²) < 4.78 is 6.13. The van der Waals surface area contributed by atoms with Crippen molar-refractivity contribution >= 4 is 15.9 Å². The summed E-state index contributed by atoms with van der Waals surface area (Å²) in [5.74, 6) is 0.680. The van der Waals surface area contributed by atoms with Gasteiger partial charge in [-0.2, -0.15) is 0 Å². The van der Waals surface area contributed by atoms with E-state index in [1.54, 1.807) is 7.11 Å². The van der Waals surface area contributed by atoms with E-state index in [4.69, 9.17) is 15.6 Å². The van der Waals surface area contributed by atoms with Crippen molar-refractivity contribution < 1.29 is 9.84 Å². The number of para-hydroxylation sites is 1. The van der Waals surface area contributed by atoms with E-state index in [2.05, 4.69) is 15.9 Å². The van der Waals surface area contributed by atoms with E-state index in [0.717, 1.165) is 15.8 Å². The Morgan fingerprint density at radius 3 is 2.79 bits per heavy atom. The highest BCUT2D eigenvalue weighted by atomic mass is 79.9. The van der Waals surface area contributed by atoms with Crippen LogP contribution in [0.1, 0.15) is 11.5 Å². The summed E-state index contributed by atoms with van der Waals surface area (Å²) in [6, 6.07) is 5.71. The summed E-state index contributed by atoms with van der Waals surface area (Å²) in [6.45, 7) is 0.437. The maximum absolute atomic E-state index is 9.14. The summed E-state index contributed by atoms with van der Waals surface area (Å²) >= 11 is 3.39. The Labute approximate surface area is 92.0 Å². The van der Waals surface area contributed by atoms with Gasteiger partial charge in [0.2, 0.25) is 0 Å². The molecule has 1 aromatic carbocycles. The van der Waals surface area contributed by atoms with Gasteiger partial charge in [-0.3, -0.25) is 0 Å². The van der Waals surface area contributed by atoms with E-state index in [1.165, 1.54) is 0 Å². The summed E-state index contributed by atoms with van der Waals surface area (Å²) in [5.41, 5.74) is 6.50. The SMILES string of the molecule is COc1c(Br)cccc1C(CN)CO. The zero-order valence-electron chi connectivity index (χ0n) is 8.03. The Balaban J connectivity index is 3.11. The van der Waals surface area contributed by atoms with Gasteiger partial charge in [0, 0.05) is 18.0 Å². The lowest BCUT2D eigenvalue weighted by Gasteiger charge is -2.16. The van der Waals surface area contributed by atoms with Crippen LogP contribution in [0.25, 0.3) is 0 Å². The molecule has 1 atom stereocenters. The van der Waals surface area contributed by atoms with Crippen molar-refractivity contribution in [1.82, 2.24) is 0 Å². The van der Waals surface area contributed by atoms with Crippen molar-refractivity contribution in [2.24, 2.45) is 5.73 Å². The normalized spacial score (nSPS) is 12.6. The standard InChI is InChI=1S/C10H14BrNO2/c1-14-10-8(7(5-12)6-13)3-2-4-9(10)11/h2-4,7,13H,5-6,12H2,1H3. The fourth-order valence-electron chi connectivity index (χ4n) is 1.36. The molecule has 1 rings (SSSR count). The van der Waals surface area contributed by atoms with Crippen molar-refractivity contribution in [3.05, 3.63) is 28.2 Å². The van der Waals surface area contributed by atoms with Crippen molar-refractivity contribution in [2.75, 3.05) is 20.3 Å². The van der Waals surface area contributed by atoms with Gasteiger partial charge in [0.25, 0.3) is 0 Å². The summed E-state index contributed by atoms with van der Waals surface area (Å²) in [6.07, 6.45) is 0. The predicted molar refractivity (Wildman–Crippen MR) is 59.6 cm³/mol. The molecule has 78 valence electrons. The van der Waals surface area contributed by atoms with Gasteiger partial charge in [-0.1, -0.05) is 12.1 Å². The van der Waals surface area contributed by atoms with Crippen LogP contribution in [-0.4, -0.2) is 25.4 Å². The minimum atomic E-state index is -0.0672. The van der Waals surface area contributed by atoms with E-state index >= 15 is 0 Å². The Morgan fingerprint density at radius 2 is 2.29 bits per heavy atom. The zero-order valence-corrected chi connectivity index (χ0v) is 9.62. The predicted octanol–water partition coefficient (Wildman–Crippen LogP) is 1.49. The first-order valence-electron chi connectivity index (χ1n) is 4.38. The Kier molecular flexibility index (Phi) is 4.38. The average Bonchev–Trinajstić information content (AvgIpc) is 2.20. The van der Waals surface area contributed by atoms with Gasteiger partial charge < -0.3 is 15.6 Å². The first-order chi connectivity index (χ1) is 6.74. The number of halogens is 1. The number of ether oxygens (including phenoxy) is 1. The highest BCUT2D eigenvalue weighted by Gasteiger charge is 2.15. The summed E-state index contributed by atoms with van der Waals surface area (Å²) in [5, 5.41) is 9.14. The molecular weight excluding hydrogens is 246 g/mol. The molecule has 0 heterocycles. The third kappa shape index (κ3) is 2.26. The highest BCUT2D eigenvalue weighted by Crippen LogP contribution is 2.33. The molecule has 0 spiro atoms. The molecule has 0 radical (unpaired) electrons. The van der Waals surface area contributed by atoms with Gasteiger partial charge in [-0.15, -0.1) is 0 Å². The van der Waals surface area contributed by atoms with E-state index in [9.17, 15) is 0 Å². The summed E-state index contributed by atoms with van der Waals surface area (Å²) in [4.78, 5) is 0. The topological polar surface area (TPSA) is 55.5 Å². The first-order valence-corrected chi connectivity index (χ1v) is 5.17. The number of aliphatic hydroxyl groups excluding tert-OH is 1. The molecule has 3 N–H and O–H groups in total. The number of hydrogen-bond donors (Lipinski definition) is 2. The number of rotatable bonds is 4. The third-order valence-corrected chi connectivity index (χ3v) is 2.77. The lowest BCUT2D eigenvalue weighted by Crippen LogP contribution is -2.16. The second kappa shape index (κ2) is 5.34. The van der Waals surface area contributed by atoms with Crippen LogP contribution in [0.3, 0.4) is 0 Å². The van der Waals surface area contributed by atoms with Crippen LogP contribution in [0.15, 0.2) is 22.7 Å². The van der Waals surface area contributed by atoms with E-state index in [-0.39, 0.29) is 12.5 Å². The van der Waals surface area contributed by atoms with Crippen molar-refractivity contribution in [3.8, 4) is 5.75 Å². The minimum Gasteiger partial charge on any atom is -0.495 e. The number of methoxy groups -OCH3 is 1. The first kappa shape index (κ1) is 11.5. The molecule has 0 amide bonds. The van der Waals surface area contributed by atoms with Crippen LogP contribution in [0.4, 0.5) is 0 Å². The second-order valence-electron chi connectivity index (χ2n) is 2.98. The lowest BCUT2D eigenvalue weighted by molar-refractivity contribution is 0.264. The number of nitrogens with two attached hydrogens (primary N) is 1. The smallest absolute Gasteiger partial charge is 0.136 e. The van der Waals surface area contributed by atoms with Gasteiger partial charge in [0.05, 0.1) is 18.2 Å². The number of aliphatic hydroxyl groups is 1. The van der Waals surface area contributed by atoms with Crippen molar-refractivity contribution in [3.63, 3.8) is 0 Å². The van der Waals surface area contributed by atoms with E-state index < -0.39 is 0 Å². The molecule has 4 heteroatoms. The zero-order chi connectivity index (χ0) is 10.6. The lowest BCUT2D eigenvalue weighted by atomic mass is 9.99. The fraction of sp³-hybridized carbons (Fsp3) is 0.400. The molecule has 1 aromatic rings. The van der Waals surface area contributed by atoms with Gasteiger partial charge >= 0.3 is 0 Å². The van der Waals surface area contributed by atoms with Crippen molar-refractivity contribution in [1.29, 1.82) is 0 Å². The Morgan fingerprint density at radius 1 is 1.57 bits per heavy atom. The third-order valence-electron chi connectivity index (χ3n) is 2.15. The van der Waals surface area contributed by atoms with Crippen LogP contribution in [-0.2, 0) is 0 Å². The number of hydrogen-bond acceptors (Lipinski definition) is 3. The van der Waals surface area contributed by atoms with Gasteiger partial charge in [-0.05, 0) is 22.0 Å². The quantitative estimate of drug-likeness (QED) is 0.862. The van der Waals surface area contributed by atoms with E-state index in [1.807, 2.05) is 18.2 Å². The fourth-order valence-corrected chi connectivity index (χ4v) is 1.91. The molecule has 0 aliphatic heterocycles. The maximum atomic E-state index is 9.14. The Bertz CT molecular complexity index is 300. The van der Waals surface area contributed by atoms with Crippen LogP contribution < -0.4 is 10.5 Å². The molecular formula is C10H14BrNO2. The largest absolute Gasteiger partial charge is 0.495 e. The molecule has 0 bridgehead atoms. The van der Waals surface area contributed by atoms with E-state index in [0.29, 0.717) is 6.54 Å². The molecule has 0 aliphatic carbocycles. The van der Waals surface area contributed by atoms with Crippen LogP contribution >= 0.6 is 15.9 Å². The summed E-state index contributed by atoms with van der Waals surface area (Å²) in [7, 11) is 1.61. The monoisotopic (exact) mass is 259 g/mol. The average molecular weight is 260 g/mol. The van der Waals surface area contributed by atoms with Gasteiger partial charge in [0.15, 0.2) is 0 Å².